The maximum atomic E-state index is 12.9. The lowest BCUT2D eigenvalue weighted by Crippen LogP contribution is -2.30. The third-order valence-corrected chi connectivity index (χ3v) is 15.6. The van der Waals surface area contributed by atoms with Gasteiger partial charge in [0.1, 0.15) is 13.2 Å². The number of hydrogen-bond acceptors (Lipinski definition) is 6. The fourth-order valence-electron chi connectivity index (χ4n) is 10.3. The van der Waals surface area contributed by atoms with Gasteiger partial charge < -0.3 is 14.2 Å². The topological polar surface area (TPSA) is 78.9 Å². The summed E-state index contributed by atoms with van der Waals surface area (Å²) >= 11 is 0. The smallest absolute Gasteiger partial charge is 0.306 e. The number of unbranched alkanes of at least 4 members (excludes halogenated alkanes) is 45. The summed E-state index contributed by atoms with van der Waals surface area (Å²) in [6.07, 6.45) is 84.4. The van der Waals surface area contributed by atoms with Gasteiger partial charge in [0.05, 0.1) is 0 Å². The molecule has 0 spiro atoms. The zero-order chi connectivity index (χ0) is 56.4. The van der Waals surface area contributed by atoms with Gasteiger partial charge in [-0.05, 0) is 77.0 Å². The largest absolute Gasteiger partial charge is 0.462 e. The van der Waals surface area contributed by atoms with Crippen LogP contribution in [-0.2, 0) is 28.6 Å². The molecule has 78 heavy (non-hydrogen) atoms. The SMILES string of the molecule is CCCC/C=C\CCCCCCCC(=O)OCC(COC(=O)CCCCCCCCCCCCCCCCCCCC/C=C\C/C=C\C/C=C\CCCCCCC)OC(=O)CCCCCCCCCCCCCCCCCC. The Kier molecular flexibility index (Phi) is 64.6. The first-order valence-corrected chi connectivity index (χ1v) is 34.6. The molecule has 456 valence electrons. The van der Waals surface area contributed by atoms with E-state index in [9.17, 15) is 14.4 Å². The summed E-state index contributed by atoms with van der Waals surface area (Å²) in [5, 5.41) is 0. The average Bonchev–Trinajstić information content (AvgIpc) is 3.44. The highest BCUT2D eigenvalue weighted by Crippen LogP contribution is 2.18. The molecule has 0 aromatic carbocycles. The summed E-state index contributed by atoms with van der Waals surface area (Å²) in [7, 11) is 0. The number of rotatable bonds is 64. The standard InChI is InChI=1S/C72H132O6/c1-4-7-10-13-16-19-22-24-26-28-29-30-31-32-33-34-35-36-37-38-39-40-41-42-43-44-46-47-50-53-56-59-62-65-71(74)77-68-69(67-76-70(73)64-61-58-55-52-49-21-18-15-12-9-6-3)78-72(75)66-63-60-57-54-51-48-45-27-25-23-20-17-14-11-8-5-2/h15,18,22,24,28-29,31-32,69H,4-14,16-17,19-21,23,25-27,30,33-68H2,1-3H3/b18-15-,24-22-,29-28-,32-31-. The first-order valence-electron chi connectivity index (χ1n) is 34.6. The van der Waals surface area contributed by atoms with E-state index in [1.165, 1.54) is 257 Å². The lowest BCUT2D eigenvalue weighted by atomic mass is 10.0. The second-order valence-corrected chi connectivity index (χ2v) is 23.4. The second-order valence-electron chi connectivity index (χ2n) is 23.4. The molecule has 0 aromatic heterocycles. The monoisotopic (exact) mass is 1090 g/mol. The van der Waals surface area contributed by atoms with E-state index in [0.717, 1.165) is 77.0 Å². The Labute approximate surface area is 486 Å². The molecule has 0 radical (unpaired) electrons. The highest BCUT2D eigenvalue weighted by atomic mass is 16.6. The molecule has 0 heterocycles. The quantitative estimate of drug-likeness (QED) is 0.0261. The Balaban J connectivity index is 4.08. The molecule has 0 aliphatic heterocycles. The number of allylic oxidation sites excluding steroid dienone is 8. The molecule has 0 amide bonds. The molecule has 1 atom stereocenters. The van der Waals surface area contributed by atoms with Crippen LogP contribution < -0.4 is 0 Å². The minimum absolute atomic E-state index is 0.0702. The first-order chi connectivity index (χ1) is 38.5. The second kappa shape index (κ2) is 66.9. The van der Waals surface area contributed by atoms with Crippen molar-refractivity contribution in [1.82, 2.24) is 0 Å². The van der Waals surface area contributed by atoms with E-state index in [-0.39, 0.29) is 31.1 Å². The summed E-state index contributed by atoms with van der Waals surface area (Å²) in [4.78, 5) is 38.3. The van der Waals surface area contributed by atoms with Crippen LogP contribution in [0.15, 0.2) is 48.6 Å². The predicted octanol–water partition coefficient (Wildman–Crippen LogP) is 23.7. The van der Waals surface area contributed by atoms with Crippen molar-refractivity contribution < 1.29 is 28.6 Å². The lowest BCUT2D eigenvalue weighted by Gasteiger charge is -2.18. The van der Waals surface area contributed by atoms with Crippen LogP contribution in [0.2, 0.25) is 0 Å². The molecule has 0 rings (SSSR count). The van der Waals surface area contributed by atoms with Crippen LogP contribution in [0, 0.1) is 0 Å². The van der Waals surface area contributed by atoms with Crippen LogP contribution in [0.25, 0.3) is 0 Å². The normalized spacial score (nSPS) is 12.3. The van der Waals surface area contributed by atoms with Crippen molar-refractivity contribution in [2.45, 2.75) is 380 Å². The average molecular weight is 1090 g/mol. The third kappa shape index (κ3) is 64.2. The minimum Gasteiger partial charge on any atom is -0.462 e. The van der Waals surface area contributed by atoms with E-state index in [1.54, 1.807) is 0 Å². The molecule has 0 fully saturated rings. The molecule has 6 nitrogen and oxygen atoms in total. The van der Waals surface area contributed by atoms with Gasteiger partial charge >= 0.3 is 17.9 Å². The number of carbonyl (C=O) groups excluding carboxylic acids is 3. The summed E-state index contributed by atoms with van der Waals surface area (Å²) in [5.41, 5.74) is 0. The molecule has 6 heteroatoms. The van der Waals surface area contributed by atoms with Crippen LogP contribution in [0.5, 0.6) is 0 Å². The van der Waals surface area contributed by atoms with Crippen molar-refractivity contribution in [3.05, 3.63) is 48.6 Å². The third-order valence-electron chi connectivity index (χ3n) is 15.6. The van der Waals surface area contributed by atoms with Crippen molar-refractivity contribution in [1.29, 1.82) is 0 Å². The fraction of sp³-hybridized carbons (Fsp3) is 0.847. The van der Waals surface area contributed by atoms with Crippen molar-refractivity contribution in [3.8, 4) is 0 Å². The van der Waals surface area contributed by atoms with Gasteiger partial charge in [-0.25, -0.2) is 0 Å². The molecule has 0 bridgehead atoms. The molecule has 0 saturated heterocycles. The van der Waals surface area contributed by atoms with Gasteiger partial charge in [-0.1, -0.05) is 326 Å². The number of ether oxygens (including phenoxy) is 3. The molecule has 0 aliphatic rings. The summed E-state index contributed by atoms with van der Waals surface area (Å²) in [5.74, 6) is -0.856. The highest BCUT2D eigenvalue weighted by Gasteiger charge is 2.19. The van der Waals surface area contributed by atoms with Crippen LogP contribution in [0.1, 0.15) is 374 Å². The fourth-order valence-corrected chi connectivity index (χ4v) is 10.3. The van der Waals surface area contributed by atoms with E-state index in [2.05, 4.69) is 69.4 Å². The van der Waals surface area contributed by atoms with Gasteiger partial charge in [0.2, 0.25) is 0 Å². The van der Waals surface area contributed by atoms with Crippen LogP contribution >= 0.6 is 0 Å². The number of esters is 3. The molecular formula is C72H132O6. The van der Waals surface area contributed by atoms with Crippen molar-refractivity contribution in [2.75, 3.05) is 13.2 Å². The van der Waals surface area contributed by atoms with Crippen molar-refractivity contribution in [3.63, 3.8) is 0 Å². The van der Waals surface area contributed by atoms with Gasteiger partial charge in [0.15, 0.2) is 6.10 Å². The maximum Gasteiger partial charge on any atom is 0.306 e. The van der Waals surface area contributed by atoms with Crippen LogP contribution in [-0.4, -0.2) is 37.2 Å². The van der Waals surface area contributed by atoms with Gasteiger partial charge in [0.25, 0.3) is 0 Å². The van der Waals surface area contributed by atoms with Gasteiger partial charge in [0, 0.05) is 19.3 Å². The van der Waals surface area contributed by atoms with Crippen molar-refractivity contribution >= 4 is 17.9 Å². The van der Waals surface area contributed by atoms with E-state index >= 15 is 0 Å². The molecule has 0 N–H and O–H groups in total. The molecule has 0 aromatic rings. The maximum absolute atomic E-state index is 12.9. The summed E-state index contributed by atoms with van der Waals surface area (Å²) < 4.78 is 16.9. The Morgan fingerprint density at radius 2 is 0.474 bits per heavy atom. The van der Waals surface area contributed by atoms with Gasteiger partial charge in [-0.15, -0.1) is 0 Å². The molecule has 1 unspecified atom stereocenters. The Bertz CT molecular complexity index is 1350. The van der Waals surface area contributed by atoms with E-state index in [1.807, 2.05) is 0 Å². The summed E-state index contributed by atoms with van der Waals surface area (Å²) in [6, 6.07) is 0. The van der Waals surface area contributed by atoms with E-state index in [4.69, 9.17) is 14.2 Å². The summed E-state index contributed by atoms with van der Waals surface area (Å²) in [6.45, 7) is 6.64. The molecule has 0 aliphatic carbocycles. The Morgan fingerprint density at radius 3 is 0.769 bits per heavy atom. The van der Waals surface area contributed by atoms with Crippen LogP contribution in [0.3, 0.4) is 0 Å². The number of carbonyl (C=O) groups is 3. The van der Waals surface area contributed by atoms with Gasteiger partial charge in [-0.2, -0.15) is 0 Å². The first kappa shape index (κ1) is 75.4. The number of hydrogen-bond donors (Lipinski definition) is 0. The minimum atomic E-state index is -0.772. The zero-order valence-corrected chi connectivity index (χ0v) is 52.5. The van der Waals surface area contributed by atoms with Crippen molar-refractivity contribution in [2.24, 2.45) is 0 Å². The van der Waals surface area contributed by atoms with Crippen LogP contribution in [0.4, 0.5) is 0 Å². The Hall–Kier alpha value is -2.63. The van der Waals surface area contributed by atoms with E-state index in [0.29, 0.717) is 19.3 Å². The zero-order valence-electron chi connectivity index (χ0n) is 52.5. The van der Waals surface area contributed by atoms with Gasteiger partial charge in [-0.3, -0.25) is 14.4 Å². The molecule has 0 saturated carbocycles. The lowest BCUT2D eigenvalue weighted by molar-refractivity contribution is -0.167. The Morgan fingerprint density at radius 1 is 0.256 bits per heavy atom. The molecular weight excluding hydrogens is 961 g/mol. The highest BCUT2D eigenvalue weighted by molar-refractivity contribution is 5.71. The predicted molar refractivity (Wildman–Crippen MR) is 339 cm³/mol. The van der Waals surface area contributed by atoms with E-state index < -0.39 is 6.10 Å².